The van der Waals surface area contributed by atoms with Gasteiger partial charge in [0.2, 0.25) is 0 Å². The van der Waals surface area contributed by atoms with Crippen molar-refractivity contribution in [2.75, 3.05) is 0 Å². The normalized spacial score (nSPS) is 13.5. The SMILES string of the molecule is [Li][CH](CCCCCCCCCCCCCCC)S(=O)(=O)O. The Kier molecular flexibility index (Phi) is 14.5. The van der Waals surface area contributed by atoms with Crippen molar-refractivity contribution in [3.63, 3.8) is 0 Å². The summed E-state index contributed by atoms with van der Waals surface area (Å²) in [4.78, 5) is 0. The Morgan fingerprint density at radius 3 is 1.43 bits per heavy atom. The van der Waals surface area contributed by atoms with Crippen LogP contribution in [-0.4, -0.2) is 34.6 Å². The van der Waals surface area contributed by atoms with Crippen molar-refractivity contribution in [2.24, 2.45) is 0 Å². The molecule has 0 aromatic rings. The van der Waals surface area contributed by atoms with Gasteiger partial charge < -0.3 is 0 Å². The molecule has 0 aromatic carbocycles. The summed E-state index contributed by atoms with van der Waals surface area (Å²) < 4.78 is 29.9. The number of unbranched alkanes of at least 4 members (excludes halogenated alkanes) is 12. The molecule has 0 saturated heterocycles. The van der Waals surface area contributed by atoms with Gasteiger partial charge in [0.25, 0.3) is 0 Å². The van der Waals surface area contributed by atoms with Crippen molar-refractivity contribution in [3.8, 4) is 0 Å². The molecule has 0 amide bonds. The summed E-state index contributed by atoms with van der Waals surface area (Å²) in [5, 5.41) is 0. The maximum absolute atomic E-state index is 10.8. The van der Waals surface area contributed by atoms with E-state index in [9.17, 15) is 8.42 Å². The number of hydrogen-bond acceptors (Lipinski definition) is 2. The van der Waals surface area contributed by atoms with Gasteiger partial charge in [0.15, 0.2) is 0 Å². The monoisotopic (exact) mass is 312 g/mol. The van der Waals surface area contributed by atoms with Crippen molar-refractivity contribution >= 4 is 27.8 Å². The van der Waals surface area contributed by atoms with Crippen LogP contribution in [0.25, 0.3) is 0 Å². The summed E-state index contributed by atoms with van der Waals surface area (Å²) in [6.07, 6.45) is 17.3. The van der Waals surface area contributed by atoms with E-state index in [0.29, 0.717) is 6.42 Å². The Morgan fingerprint density at radius 1 is 0.762 bits per heavy atom. The third-order valence-corrected chi connectivity index (χ3v) is 5.48. The quantitative estimate of drug-likeness (QED) is 0.267. The Bertz CT molecular complexity index is 317. The molecule has 0 bridgehead atoms. The van der Waals surface area contributed by atoms with Crippen LogP contribution < -0.4 is 0 Å². The first kappa shape index (κ1) is 21.5. The first-order valence-electron chi connectivity index (χ1n) is 8.94. The zero-order valence-corrected chi connectivity index (χ0v) is 15.0. The molecular weight excluding hydrogens is 279 g/mol. The van der Waals surface area contributed by atoms with Crippen LogP contribution in [0.15, 0.2) is 0 Å². The van der Waals surface area contributed by atoms with Crippen molar-refractivity contribution in [2.45, 2.75) is 101 Å². The topological polar surface area (TPSA) is 54.4 Å². The molecule has 5 heteroatoms. The van der Waals surface area contributed by atoms with Gasteiger partial charge in [0.1, 0.15) is 0 Å². The average molecular weight is 312 g/mol. The summed E-state index contributed by atoms with van der Waals surface area (Å²) in [5.41, 5.74) is 0. The van der Waals surface area contributed by atoms with Gasteiger partial charge in [-0.2, -0.15) is 0 Å². The molecule has 0 radical (unpaired) electrons. The summed E-state index contributed by atoms with van der Waals surface area (Å²) >= 11 is 1.58. The minimum absolute atomic E-state index is 0.580. The standard InChI is InChI=1S/C16H33O3S.Li/c1-2-3-4-5-6-7-8-9-10-11-12-13-14-15-16-20(17,18)19;/h16H,2-15H2,1H3,(H,17,18,19);. The second kappa shape index (κ2) is 14.1. The van der Waals surface area contributed by atoms with E-state index < -0.39 is 14.0 Å². The molecule has 3 nitrogen and oxygen atoms in total. The third kappa shape index (κ3) is 15.2. The Balaban J connectivity index is 3.16. The summed E-state index contributed by atoms with van der Waals surface area (Å²) in [6.45, 7) is 2.25. The molecule has 0 fully saturated rings. The van der Waals surface area contributed by atoms with Crippen molar-refractivity contribution in [1.82, 2.24) is 0 Å². The van der Waals surface area contributed by atoms with Crippen LogP contribution in [0.2, 0.25) is 0 Å². The molecular formula is C16H33LiO3S. The van der Waals surface area contributed by atoms with E-state index >= 15 is 0 Å². The molecule has 0 aliphatic heterocycles. The second-order valence-corrected chi connectivity index (χ2v) is 8.19. The molecule has 1 N–H and O–H groups in total. The summed E-state index contributed by atoms with van der Waals surface area (Å²) in [6, 6.07) is 0. The van der Waals surface area contributed by atoms with Crippen LogP contribution in [0.1, 0.15) is 96.8 Å². The van der Waals surface area contributed by atoms with E-state index in [1.54, 1.807) is 17.7 Å². The number of rotatable bonds is 15. The third-order valence-electron chi connectivity index (χ3n) is 4.22. The fraction of sp³-hybridized carbons (Fsp3) is 1.00. The average Bonchev–Trinajstić information content (AvgIpc) is 2.42. The maximum atomic E-state index is 10.8. The Labute approximate surface area is 141 Å². The molecule has 0 aliphatic rings. The van der Waals surface area contributed by atoms with Crippen molar-refractivity contribution in [3.05, 3.63) is 0 Å². The molecule has 1 atom stereocenters. The van der Waals surface area contributed by atoms with Crippen molar-refractivity contribution < 1.29 is 13.0 Å². The zero-order chi connectivity index (χ0) is 16.0. The first-order chi connectivity index (χ1) is 9.98. The van der Waals surface area contributed by atoms with Crippen LogP contribution in [0.5, 0.6) is 0 Å². The van der Waals surface area contributed by atoms with Crippen LogP contribution in [0.4, 0.5) is 0 Å². The predicted octanol–water partition coefficient (Wildman–Crippen LogP) is 4.85. The van der Waals surface area contributed by atoms with Gasteiger partial charge in [0, 0.05) is 0 Å². The van der Waals surface area contributed by atoms with Crippen LogP contribution >= 0.6 is 0 Å². The van der Waals surface area contributed by atoms with Gasteiger partial charge in [0.05, 0.1) is 0 Å². The Morgan fingerprint density at radius 2 is 1.10 bits per heavy atom. The van der Waals surface area contributed by atoms with E-state index in [0.717, 1.165) is 12.8 Å². The van der Waals surface area contributed by atoms with E-state index in [4.69, 9.17) is 4.55 Å². The predicted molar refractivity (Wildman–Crippen MR) is 91.4 cm³/mol. The molecule has 0 aromatic heterocycles. The van der Waals surface area contributed by atoms with E-state index in [2.05, 4.69) is 6.92 Å². The fourth-order valence-electron chi connectivity index (χ4n) is 2.60. The molecule has 122 valence electrons. The molecule has 0 aliphatic carbocycles. The molecule has 21 heavy (non-hydrogen) atoms. The first-order valence-corrected chi connectivity index (χ1v) is 10.4. The summed E-state index contributed by atoms with van der Waals surface area (Å²) in [7, 11) is -3.82. The van der Waals surface area contributed by atoms with E-state index in [1.165, 1.54) is 70.6 Å². The minimum atomic E-state index is -3.82. The zero-order valence-electron chi connectivity index (χ0n) is 14.1. The molecule has 1 unspecified atom stereocenters. The van der Waals surface area contributed by atoms with Gasteiger partial charge >= 0.3 is 115 Å². The summed E-state index contributed by atoms with van der Waals surface area (Å²) in [5.74, 6) is 0. The Hall–Kier alpha value is 0.507. The molecule has 0 spiro atoms. The van der Waals surface area contributed by atoms with Gasteiger partial charge in [-0.25, -0.2) is 0 Å². The fourth-order valence-corrected chi connectivity index (χ4v) is 3.06. The van der Waals surface area contributed by atoms with Gasteiger partial charge in [-0.15, -0.1) is 0 Å². The van der Waals surface area contributed by atoms with Gasteiger partial charge in [-0.3, -0.25) is 0 Å². The molecule has 0 saturated carbocycles. The van der Waals surface area contributed by atoms with Crippen molar-refractivity contribution in [1.29, 1.82) is 0 Å². The van der Waals surface area contributed by atoms with Crippen LogP contribution in [0.3, 0.4) is 0 Å². The van der Waals surface area contributed by atoms with Crippen LogP contribution in [0, 0.1) is 0 Å². The van der Waals surface area contributed by atoms with Crippen LogP contribution in [-0.2, 0) is 10.1 Å². The molecule has 0 heterocycles. The van der Waals surface area contributed by atoms with Gasteiger partial charge in [-0.1, -0.05) is 26.2 Å². The van der Waals surface area contributed by atoms with E-state index in [1.807, 2.05) is 0 Å². The van der Waals surface area contributed by atoms with Gasteiger partial charge in [-0.05, 0) is 0 Å². The van der Waals surface area contributed by atoms with E-state index in [-0.39, 0.29) is 0 Å². The molecule has 0 rings (SSSR count). The number of hydrogen-bond donors (Lipinski definition) is 1. The second-order valence-electron chi connectivity index (χ2n) is 6.36.